The number of hydrogen-bond donors (Lipinski definition) is 3. The van der Waals surface area contributed by atoms with E-state index in [0.717, 1.165) is 16.8 Å². The summed E-state index contributed by atoms with van der Waals surface area (Å²) in [5.41, 5.74) is 4.08. The highest BCUT2D eigenvalue weighted by Crippen LogP contribution is 2.25. The minimum absolute atomic E-state index is 0.203. The van der Waals surface area contributed by atoms with Crippen molar-refractivity contribution in [1.82, 2.24) is 0 Å². The fourth-order valence-corrected chi connectivity index (χ4v) is 3.12. The van der Waals surface area contributed by atoms with Gasteiger partial charge in [0.15, 0.2) is 0 Å². The molecule has 0 spiro atoms. The third-order valence-corrected chi connectivity index (χ3v) is 5.17. The SMILES string of the molecule is Cc1cc(NCc2ccc(C(=O)O)cc2)ccc1N=Nc1ccc(S(=O)(=O)O)cc1. The first-order valence-corrected chi connectivity index (χ1v) is 10.3. The van der Waals surface area contributed by atoms with Crippen molar-refractivity contribution in [2.45, 2.75) is 18.4 Å². The number of nitrogens with one attached hydrogen (secondary N) is 1. The van der Waals surface area contributed by atoms with Crippen LogP contribution in [0.3, 0.4) is 0 Å². The van der Waals surface area contributed by atoms with Crippen LogP contribution in [-0.2, 0) is 16.7 Å². The largest absolute Gasteiger partial charge is 0.478 e. The number of carboxylic acids is 1. The molecular formula is C21H19N3O5S. The Morgan fingerprint density at radius 1 is 0.967 bits per heavy atom. The maximum atomic E-state index is 11.1. The highest BCUT2D eigenvalue weighted by atomic mass is 32.2. The smallest absolute Gasteiger partial charge is 0.335 e. The van der Waals surface area contributed by atoms with Crippen LogP contribution in [-0.4, -0.2) is 24.0 Å². The number of azo groups is 1. The monoisotopic (exact) mass is 425 g/mol. The Morgan fingerprint density at radius 2 is 1.63 bits per heavy atom. The van der Waals surface area contributed by atoms with Crippen molar-refractivity contribution in [2.24, 2.45) is 10.2 Å². The van der Waals surface area contributed by atoms with E-state index in [1.54, 1.807) is 30.3 Å². The number of anilines is 1. The number of hydrogen-bond acceptors (Lipinski definition) is 6. The average molecular weight is 425 g/mol. The standard InChI is InChI=1S/C21H19N3O5S/c1-14-12-18(22-13-15-2-4-16(5-3-15)21(25)26)8-11-20(14)24-23-17-6-9-19(10-7-17)30(27,28)29/h2-12,22H,13H2,1H3,(H,25,26)(H,27,28,29). The minimum Gasteiger partial charge on any atom is -0.478 e. The number of aryl methyl sites for hydroxylation is 1. The van der Waals surface area contributed by atoms with E-state index in [2.05, 4.69) is 15.5 Å². The highest BCUT2D eigenvalue weighted by Gasteiger charge is 2.08. The molecule has 0 aliphatic heterocycles. The van der Waals surface area contributed by atoms with Gasteiger partial charge >= 0.3 is 5.97 Å². The molecule has 3 aromatic rings. The van der Waals surface area contributed by atoms with Crippen LogP contribution in [0.15, 0.2) is 81.9 Å². The molecule has 0 aromatic heterocycles. The van der Waals surface area contributed by atoms with Gasteiger partial charge in [-0.25, -0.2) is 4.79 Å². The molecular weight excluding hydrogens is 406 g/mol. The van der Waals surface area contributed by atoms with E-state index in [0.29, 0.717) is 17.9 Å². The molecule has 30 heavy (non-hydrogen) atoms. The number of aromatic carboxylic acids is 1. The van der Waals surface area contributed by atoms with Crippen LogP contribution in [0.5, 0.6) is 0 Å². The zero-order valence-electron chi connectivity index (χ0n) is 16.0. The number of benzene rings is 3. The lowest BCUT2D eigenvalue weighted by molar-refractivity contribution is 0.0697. The van der Waals surface area contributed by atoms with Crippen molar-refractivity contribution >= 4 is 33.1 Å². The van der Waals surface area contributed by atoms with Gasteiger partial charge in [0.2, 0.25) is 0 Å². The fraction of sp³-hybridized carbons (Fsp3) is 0.0952. The molecule has 0 saturated carbocycles. The predicted molar refractivity (Wildman–Crippen MR) is 112 cm³/mol. The Kier molecular flexibility index (Phi) is 6.24. The molecule has 0 aliphatic rings. The summed E-state index contributed by atoms with van der Waals surface area (Å²) in [5, 5.41) is 20.5. The molecule has 0 unspecified atom stereocenters. The maximum absolute atomic E-state index is 11.1. The van der Waals surface area contributed by atoms with Crippen molar-refractivity contribution in [2.75, 3.05) is 5.32 Å². The fourth-order valence-electron chi connectivity index (χ4n) is 2.64. The van der Waals surface area contributed by atoms with E-state index < -0.39 is 16.1 Å². The second-order valence-corrected chi connectivity index (χ2v) is 7.95. The van der Waals surface area contributed by atoms with E-state index in [9.17, 15) is 13.2 Å². The quantitative estimate of drug-likeness (QED) is 0.362. The number of nitrogens with zero attached hydrogens (tertiary/aromatic N) is 2. The summed E-state index contributed by atoms with van der Waals surface area (Å²) in [6.07, 6.45) is 0. The summed E-state index contributed by atoms with van der Waals surface area (Å²) in [6, 6.07) is 17.7. The Morgan fingerprint density at radius 3 is 2.20 bits per heavy atom. The molecule has 0 bridgehead atoms. The molecule has 154 valence electrons. The number of carboxylic acid groups (broad SMARTS) is 1. The van der Waals surface area contributed by atoms with Gasteiger partial charge < -0.3 is 10.4 Å². The van der Waals surface area contributed by atoms with Crippen LogP contribution in [0.1, 0.15) is 21.5 Å². The molecule has 8 nitrogen and oxygen atoms in total. The van der Waals surface area contributed by atoms with E-state index in [-0.39, 0.29) is 10.5 Å². The van der Waals surface area contributed by atoms with Gasteiger partial charge in [0, 0.05) is 12.2 Å². The predicted octanol–water partition coefficient (Wildman–Crippen LogP) is 4.97. The topological polar surface area (TPSA) is 128 Å². The van der Waals surface area contributed by atoms with Crippen LogP contribution in [0.4, 0.5) is 17.1 Å². The normalized spacial score (nSPS) is 11.5. The van der Waals surface area contributed by atoms with Crippen LogP contribution < -0.4 is 5.32 Å². The van der Waals surface area contributed by atoms with Crippen LogP contribution >= 0.6 is 0 Å². The Balaban J connectivity index is 1.64. The molecule has 9 heteroatoms. The van der Waals surface area contributed by atoms with Crippen LogP contribution in [0, 0.1) is 6.92 Å². The van der Waals surface area contributed by atoms with Crippen molar-refractivity contribution in [3.8, 4) is 0 Å². The van der Waals surface area contributed by atoms with Crippen molar-refractivity contribution in [3.05, 3.63) is 83.4 Å². The van der Waals surface area contributed by atoms with E-state index in [1.165, 1.54) is 24.3 Å². The van der Waals surface area contributed by atoms with Gasteiger partial charge in [-0.1, -0.05) is 12.1 Å². The van der Waals surface area contributed by atoms with Crippen LogP contribution in [0.25, 0.3) is 0 Å². The lowest BCUT2D eigenvalue weighted by Gasteiger charge is -2.09. The highest BCUT2D eigenvalue weighted by molar-refractivity contribution is 7.85. The van der Waals surface area contributed by atoms with E-state index in [1.807, 2.05) is 19.1 Å². The van der Waals surface area contributed by atoms with Crippen LogP contribution in [0.2, 0.25) is 0 Å². The van der Waals surface area contributed by atoms with Crippen molar-refractivity contribution in [1.29, 1.82) is 0 Å². The molecule has 0 aliphatic carbocycles. The molecule has 0 fully saturated rings. The zero-order valence-corrected chi connectivity index (χ0v) is 16.8. The Bertz CT molecular complexity index is 1190. The van der Waals surface area contributed by atoms with Gasteiger partial charge in [-0.3, -0.25) is 4.55 Å². The molecule has 3 N–H and O–H groups in total. The lowest BCUT2D eigenvalue weighted by Crippen LogP contribution is -2.01. The number of carbonyl (C=O) groups is 1. The lowest BCUT2D eigenvalue weighted by atomic mass is 10.1. The Labute approximate surface area is 173 Å². The van der Waals surface area contributed by atoms with Gasteiger partial charge in [0.1, 0.15) is 0 Å². The molecule has 0 atom stereocenters. The van der Waals surface area contributed by atoms with Crippen molar-refractivity contribution < 1.29 is 22.9 Å². The summed E-state index contributed by atoms with van der Waals surface area (Å²) in [5.74, 6) is -0.954. The second-order valence-electron chi connectivity index (χ2n) is 6.53. The zero-order chi connectivity index (χ0) is 21.7. The molecule has 0 saturated heterocycles. The Hall–Kier alpha value is -3.56. The summed E-state index contributed by atoms with van der Waals surface area (Å²) in [7, 11) is -4.24. The first-order chi connectivity index (χ1) is 14.2. The van der Waals surface area contributed by atoms with E-state index >= 15 is 0 Å². The van der Waals surface area contributed by atoms with Gasteiger partial charge in [-0.05, 0) is 72.6 Å². The van der Waals surface area contributed by atoms with Gasteiger partial charge in [-0.2, -0.15) is 18.6 Å². The summed E-state index contributed by atoms with van der Waals surface area (Å²) >= 11 is 0. The molecule has 0 amide bonds. The number of rotatable bonds is 7. The van der Waals surface area contributed by atoms with Gasteiger partial charge in [-0.15, -0.1) is 0 Å². The summed E-state index contributed by atoms with van der Waals surface area (Å²) in [4.78, 5) is 10.7. The van der Waals surface area contributed by atoms with Gasteiger partial charge in [0.05, 0.1) is 21.8 Å². The van der Waals surface area contributed by atoms with Crippen molar-refractivity contribution in [3.63, 3.8) is 0 Å². The third kappa shape index (κ3) is 5.49. The minimum atomic E-state index is -4.24. The average Bonchev–Trinajstić information content (AvgIpc) is 2.71. The molecule has 3 aromatic carbocycles. The first kappa shape index (κ1) is 21.2. The molecule has 0 radical (unpaired) electrons. The summed E-state index contributed by atoms with van der Waals surface area (Å²) < 4.78 is 31.1. The molecule has 3 rings (SSSR count). The second kappa shape index (κ2) is 8.85. The summed E-state index contributed by atoms with van der Waals surface area (Å²) in [6.45, 7) is 2.43. The van der Waals surface area contributed by atoms with Gasteiger partial charge in [0.25, 0.3) is 10.1 Å². The molecule has 0 heterocycles. The van der Waals surface area contributed by atoms with E-state index in [4.69, 9.17) is 9.66 Å². The third-order valence-electron chi connectivity index (χ3n) is 4.30. The maximum Gasteiger partial charge on any atom is 0.335 e. The first-order valence-electron chi connectivity index (χ1n) is 8.88.